The van der Waals surface area contributed by atoms with Crippen molar-refractivity contribution in [2.24, 2.45) is 0 Å². The lowest BCUT2D eigenvalue weighted by Crippen LogP contribution is -2.43. The number of carbonyl (C=O) groups is 2. The van der Waals surface area contributed by atoms with Crippen molar-refractivity contribution < 1.29 is 28.7 Å². The molecule has 1 atom stereocenters. The van der Waals surface area contributed by atoms with Crippen molar-refractivity contribution >= 4 is 23.3 Å². The van der Waals surface area contributed by atoms with Crippen LogP contribution in [0.2, 0.25) is 0 Å². The first-order valence-electron chi connectivity index (χ1n) is 9.14. The molecule has 0 spiro atoms. The van der Waals surface area contributed by atoms with Crippen molar-refractivity contribution in [3.05, 3.63) is 58.1 Å². The zero-order valence-corrected chi connectivity index (χ0v) is 16.5. The van der Waals surface area contributed by atoms with Gasteiger partial charge in [-0.15, -0.1) is 0 Å². The van der Waals surface area contributed by atoms with E-state index < -0.39 is 23.4 Å². The van der Waals surface area contributed by atoms with Gasteiger partial charge in [0.05, 0.1) is 17.0 Å². The Morgan fingerprint density at radius 1 is 1.27 bits per heavy atom. The molecule has 0 saturated carbocycles. The van der Waals surface area contributed by atoms with Crippen LogP contribution in [0.15, 0.2) is 42.5 Å². The van der Waals surface area contributed by atoms with Crippen LogP contribution < -0.4 is 14.8 Å². The second-order valence-corrected chi connectivity index (χ2v) is 6.59. The van der Waals surface area contributed by atoms with Crippen LogP contribution >= 0.6 is 0 Å². The van der Waals surface area contributed by atoms with E-state index in [1.54, 1.807) is 19.2 Å². The van der Waals surface area contributed by atoms with Gasteiger partial charge in [-0.1, -0.05) is 12.1 Å². The zero-order chi connectivity index (χ0) is 21.7. The number of carbonyl (C=O) groups excluding carboxylic acids is 2. The molecule has 1 aliphatic rings. The smallest absolute Gasteiger partial charge is 0.338 e. The summed E-state index contributed by atoms with van der Waals surface area (Å²) in [5, 5.41) is 13.8. The third-order valence-electron chi connectivity index (χ3n) is 4.50. The Morgan fingerprint density at radius 2 is 2.00 bits per heavy atom. The van der Waals surface area contributed by atoms with E-state index in [1.165, 1.54) is 24.1 Å². The normalized spacial score (nSPS) is 14.5. The number of amides is 1. The molecule has 0 fully saturated rings. The molecule has 0 radical (unpaired) electrons. The van der Waals surface area contributed by atoms with Gasteiger partial charge in [0.25, 0.3) is 11.6 Å². The number of ether oxygens (including phenoxy) is 3. The Balaban J connectivity index is 1.53. The Kier molecular flexibility index (Phi) is 6.35. The van der Waals surface area contributed by atoms with Crippen LogP contribution in [-0.2, 0) is 9.53 Å². The molecule has 1 aliphatic heterocycles. The lowest BCUT2D eigenvalue weighted by Gasteiger charge is -2.29. The van der Waals surface area contributed by atoms with Gasteiger partial charge in [0.1, 0.15) is 12.3 Å². The highest BCUT2D eigenvalue weighted by Gasteiger charge is 2.24. The number of hydrogen-bond acceptors (Lipinski definition) is 8. The van der Waals surface area contributed by atoms with E-state index in [2.05, 4.69) is 5.32 Å². The van der Waals surface area contributed by atoms with Gasteiger partial charge in [0, 0.05) is 20.2 Å². The van der Waals surface area contributed by atoms with Gasteiger partial charge in [-0.2, -0.15) is 0 Å². The Bertz CT molecular complexity index is 963. The predicted octanol–water partition coefficient (Wildman–Crippen LogP) is 2.09. The second-order valence-electron chi connectivity index (χ2n) is 6.59. The van der Waals surface area contributed by atoms with Crippen LogP contribution in [0.25, 0.3) is 0 Å². The first kappa shape index (κ1) is 20.9. The fourth-order valence-electron chi connectivity index (χ4n) is 2.90. The predicted molar refractivity (Wildman–Crippen MR) is 107 cm³/mol. The van der Waals surface area contributed by atoms with Crippen LogP contribution in [-0.4, -0.2) is 61.7 Å². The van der Waals surface area contributed by atoms with E-state index >= 15 is 0 Å². The van der Waals surface area contributed by atoms with E-state index in [-0.39, 0.29) is 36.2 Å². The van der Waals surface area contributed by atoms with E-state index in [9.17, 15) is 19.7 Å². The molecule has 3 rings (SSSR count). The van der Waals surface area contributed by atoms with E-state index in [0.29, 0.717) is 11.5 Å². The Morgan fingerprint density at radius 3 is 2.70 bits per heavy atom. The SMILES string of the molecule is CNc1ccc(C(=O)OCC(=O)N(C)C[C@@H]2COc3ccccc3O2)cc1[N+](=O)[O-]. The number of hydrogen-bond donors (Lipinski definition) is 1. The van der Waals surface area contributed by atoms with Gasteiger partial charge in [0.15, 0.2) is 24.2 Å². The number of nitro benzene ring substituents is 1. The van der Waals surface area contributed by atoms with Gasteiger partial charge in [-0.3, -0.25) is 14.9 Å². The minimum Gasteiger partial charge on any atom is -0.486 e. The van der Waals surface area contributed by atoms with Crippen LogP contribution in [0.3, 0.4) is 0 Å². The average Bonchev–Trinajstić information content (AvgIpc) is 2.76. The van der Waals surface area contributed by atoms with Gasteiger partial charge in [-0.25, -0.2) is 4.79 Å². The van der Waals surface area contributed by atoms with Crippen LogP contribution in [0, 0.1) is 10.1 Å². The minimum atomic E-state index is -0.825. The highest BCUT2D eigenvalue weighted by molar-refractivity contribution is 5.93. The molecule has 0 bridgehead atoms. The molecule has 10 heteroatoms. The minimum absolute atomic E-state index is 0.0169. The Labute approximate surface area is 172 Å². The molecular weight excluding hydrogens is 394 g/mol. The first-order chi connectivity index (χ1) is 14.4. The fourth-order valence-corrected chi connectivity index (χ4v) is 2.90. The number of nitrogens with one attached hydrogen (secondary N) is 1. The summed E-state index contributed by atoms with van der Waals surface area (Å²) in [6.45, 7) is 0.0318. The summed E-state index contributed by atoms with van der Waals surface area (Å²) >= 11 is 0. The molecule has 0 aliphatic carbocycles. The molecule has 1 heterocycles. The lowest BCUT2D eigenvalue weighted by molar-refractivity contribution is -0.384. The number of benzene rings is 2. The summed E-state index contributed by atoms with van der Waals surface area (Å²) in [6, 6.07) is 11.1. The summed E-state index contributed by atoms with van der Waals surface area (Å²) in [5.41, 5.74) is -0.00877. The molecule has 158 valence electrons. The molecule has 1 N–H and O–H groups in total. The zero-order valence-electron chi connectivity index (χ0n) is 16.5. The van der Waals surface area contributed by atoms with Crippen molar-refractivity contribution in [3.8, 4) is 11.5 Å². The van der Waals surface area contributed by atoms with Crippen molar-refractivity contribution in [2.45, 2.75) is 6.10 Å². The maximum atomic E-state index is 12.3. The van der Waals surface area contributed by atoms with Crippen LogP contribution in [0.5, 0.6) is 11.5 Å². The molecule has 10 nitrogen and oxygen atoms in total. The maximum Gasteiger partial charge on any atom is 0.338 e. The Hall–Kier alpha value is -3.82. The summed E-state index contributed by atoms with van der Waals surface area (Å²) in [6.07, 6.45) is -0.360. The molecule has 30 heavy (non-hydrogen) atoms. The summed E-state index contributed by atoms with van der Waals surface area (Å²) in [4.78, 5) is 36.4. The van der Waals surface area contributed by atoms with Crippen molar-refractivity contribution in [2.75, 3.05) is 39.2 Å². The van der Waals surface area contributed by atoms with Gasteiger partial charge >= 0.3 is 5.97 Å². The molecule has 0 unspecified atom stereocenters. The number of nitrogens with zero attached hydrogens (tertiary/aromatic N) is 2. The van der Waals surface area contributed by atoms with Gasteiger partial charge in [0.2, 0.25) is 0 Å². The largest absolute Gasteiger partial charge is 0.486 e. The number of rotatable bonds is 7. The topological polar surface area (TPSA) is 120 Å². The second kappa shape index (κ2) is 9.12. The highest BCUT2D eigenvalue weighted by Crippen LogP contribution is 2.31. The average molecular weight is 415 g/mol. The maximum absolute atomic E-state index is 12.3. The number of anilines is 1. The van der Waals surface area contributed by atoms with E-state index in [1.807, 2.05) is 12.1 Å². The third kappa shape index (κ3) is 4.77. The van der Waals surface area contributed by atoms with Crippen LogP contribution in [0.1, 0.15) is 10.4 Å². The molecule has 0 saturated heterocycles. The summed E-state index contributed by atoms with van der Waals surface area (Å²) < 4.78 is 16.4. The molecule has 2 aromatic rings. The van der Waals surface area contributed by atoms with E-state index in [4.69, 9.17) is 14.2 Å². The molecular formula is C20H21N3O7. The number of nitro groups is 1. The van der Waals surface area contributed by atoms with Crippen molar-refractivity contribution in [1.82, 2.24) is 4.90 Å². The summed E-state index contributed by atoms with van der Waals surface area (Å²) in [5.74, 6) is -0.0106. The fraction of sp³-hybridized carbons (Fsp3) is 0.300. The van der Waals surface area contributed by atoms with Crippen molar-refractivity contribution in [3.63, 3.8) is 0 Å². The van der Waals surface area contributed by atoms with E-state index in [0.717, 1.165) is 6.07 Å². The number of fused-ring (bicyclic) bond motifs is 1. The quantitative estimate of drug-likeness (QED) is 0.415. The molecule has 1 amide bonds. The summed E-state index contributed by atoms with van der Waals surface area (Å²) in [7, 11) is 3.10. The first-order valence-corrected chi connectivity index (χ1v) is 9.14. The van der Waals surface area contributed by atoms with Crippen molar-refractivity contribution in [1.29, 1.82) is 0 Å². The van der Waals surface area contributed by atoms with Gasteiger partial charge in [-0.05, 0) is 24.3 Å². The van der Waals surface area contributed by atoms with Crippen LogP contribution in [0.4, 0.5) is 11.4 Å². The monoisotopic (exact) mass is 415 g/mol. The standard InChI is InChI=1S/C20H21N3O7/c1-21-15-8-7-13(9-16(15)23(26)27)20(25)29-12-19(24)22(2)10-14-11-28-17-5-3-4-6-18(17)30-14/h3-9,14,21H,10-12H2,1-2H3/t14-/m1/s1. The third-order valence-corrected chi connectivity index (χ3v) is 4.50. The molecule has 0 aromatic heterocycles. The number of para-hydroxylation sites is 2. The van der Waals surface area contributed by atoms with Gasteiger partial charge < -0.3 is 24.4 Å². The number of esters is 1. The molecule has 2 aromatic carbocycles. The highest BCUT2D eigenvalue weighted by atomic mass is 16.6. The lowest BCUT2D eigenvalue weighted by atomic mass is 10.1. The number of likely N-dealkylation sites (N-methyl/N-ethyl adjacent to an activating group) is 1.